The van der Waals surface area contributed by atoms with Crippen molar-refractivity contribution in [3.8, 4) is 5.75 Å². The molecule has 2 rings (SSSR count). The second kappa shape index (κ2) is 7.05. The van der Waals surface area contributed by atoms with Crippen molar-refractivity contribution >= 4 is 15.9 Å². The Kier molecular flexibility index (Phi) is 5.37. The zero-order valence-corrected chi connectivity index (χ0v) is 14.0. The van der Waals surface area contributed by atoms with Gasteiger partial charge in [0.2, 0.25) is 0 Å². The van der Waals surface area contributed by atoms with Crippen LogP contribution in [-0.4, -0.2) is 13.7 Å². The van der Waals surface area contributed by atoms with Gasteiger partial charge in [-0.25, -0.2) is 4.39 Å². The molecule has 2 aromatic rings. The fraction of sp³-hybridized carbons (Fsp3) is 0.294. The lowest BCUT2D eigenvalue weighted by atomic mass is 9.96. The zero-order valence-electron chi connectivity index (χ0n) is 12.4. The molecule has 21 heavy (non-hydrogen) atoms. The van der Waals surface area contributed by atoms with Gasteiger partial charge < -0.3 is 10.1 Å². The average molecular weight is 352 g/mol. The lowest BCUT2D eigenvalue weighted by Gasteiger charge is -2.22. The monoisotopic (exact) mass is 351 g/mol. The van der Waals surface area contributed by atoms with Crippen LogP contribution in [0.3, 0.4) is 0 Å². The third kappa shape index (κ3) is 3.44. The number of nitrogens with one attached hydrogen (secondary N) is 1. The van der Waals surface area contributed by atoms with Crippen LogP contribution >= 0.6 is 15.9 Å². The number of rotatable bonds is 5. The van der Waals surface area contributed by atoms with E-state index in [1.54, 1.807) is 19.2 Å². The standard InChI is InChI=1S/C17H19BrFNO/c1-4-20-17(13-6-5-7-14(18)16(13)19)12-9-8-11(2)10-15(12)21-3/h5-10,17,20H,4H2,1-3H3. The van der Waals surface area contributed by atoms with Gasteiger partial charge in [0.25, 0.3) is 0 Å². The summed E-state index contributed by atoms with van der Waals surface area (Å²) in [5.41, 5.74) is 2.65. The molecule has 1 N–H and O–H groups in total. The van der Waals surface area contributed by atoms with Gasteiger partial charge in [-0.1, -0.05) is 31.2 Å². The summed E-state index contributed by atoms with van der Waals surface area (Å²) in [6.07, 6.45) is 0. The molecule has 0 saturated heterocycles. The van der Waals surface area contributed by atoms with Crippen LogP contribution in [0, 0.1) is 12.7 Å². The fourth-order valence-corrected chi connectivity index (χ4v) is 2.77. The maximum absolute atomic E-state index is 14.4. The van der Waals surface area contributed by atoms with E-state index in [1.165, 1.54) is 0 Å². The highest BCUT2D eigenvalue weighted by atomic mass is 79.9. The predicted octanol–water partition coefficient (Wildman–Crippen LogP) is 4.60. The van der Waals surface area contributed by atoms with Gasteiger partial charge in [0.05, 0.1) is 17.6 Å². The smallest absolute Gasteiger partial charge is 0.142 e. The minimum Gasteiger partial charge on any atom is -0.496 e. The zero-order chi connectivity index (χ0) is 15.4. The third-order valence-corrected chi connectivity index (χ3v) is 4.01. The summed E-state index contributed by atoms with van der Waals surface area (Å²) in [6, 6.07) is 11.1. The maximum Gasteiger partial charge on any atom is 0.142 e. The van der Waals surface area contributed by atoms with Crippen molar-refractivity contribution in [1.29, 1.82) is 0 Å². The molecule has 0 spiro atoms. The quantitative estimate of drug-likeness (QED) is 0.849. The Labute approximate surface area is 133 Å². The van der Waals surface area contributed by atoms with E-state index in [0.717, 1.165) is 23.4 Å². The van der Waals surface area contributed by atoms with E-state index in [1.807, 2.05) is 38.1 Å². The van der Waals surface area contributed by atoms with E-state index in [4.69, 9.17) is 4.74 Å². The molecule has 2 nitrogen and oxygen atoms in total. The molecule has 0 radical (unpaired) electrons. The average Bonchev–Trinajstić information content (AvgIpc) is 2.48. The highest BCUT2D eigenvalue weighted by Crippen LogP contribution is 2.33. The van der Waals surface area contributed by atoms with Gasteiger partial charge in [-0.3, -0.25) is 0 Å². The molecular weight excluding hydrogens is 333 g/mol. The second-order valence-electron chi connectivity index (χ2n) is 4.88. The maximum atomic E-state index is 14.4. The van der Waals surface area contributed by atoms with Crippen molar-refractivity contribution in [2.45, 2.75) is 19.9 Å². The van der Waals surface area contributed by atoms with Crippen LogP contribution in [0.15, 0.2) is 40.9 Å². The Morgan fingerprint density at radius 1 is 1.24 bits per heavy atom. The summed E-state index contributed by atoms with van der Waals surface area (Å²) >= 11 is 3.25. The lowest BCUT2D eigenvalue weighted by molar-refractivity contribution is 0.403. The molecule has 1 unspecified atom stereocenters. The molecule has 0 aliphatic carbocycles. The number of methoxy groups -OCH3 is 1. The van der Waals surface area contributed by atoms with Crippen LogP contribution in [-0.2, 0) is 0 Å². The van der Waals surface area contributed by atoms with Gasteiger partial charge in [-0.05, 0) is 47.1 Å². The second-order valence-corrected chi connectivity index (χ2v) is 5.73. The molecule has 0 bridgehead atoms. The number of benzene rings is 2. The van der Waals surface area contributed by atoms with Crippen LogP contribution in [0.1, 0.15) is 29.7 Å². The Balaban J connectivity index is 2.56. The van der Waals surface area contributed by atoms with Crippen LogP contribution in [0.5, 0.6) is 5.75 Å². The summed E-state index contributed by atoms with van der Waals surface area (Å²) in [7, 11) is 1.64. The van der Waals surface area contributed by atoms with Gasteiger partial charge >= 0.3 is 0 Å². The number of aryl methyl sites for hydroxylation is 1. The van der Waals surface area contributed by atoms with Crippen LogP contribution in [0.4, 0.5) is 4.39 Å². The predicted molar refractivity (Wildman–Crippen MR) is 87.4 cm³/mol. The molecule has 1 atom stereocenters. The van der Waals surface area contributed by atoms with E-state index < -0.39 is 0 Å². The van der Waals surface area contributed by atoms with Crippen molar-refractivity contribution in [1.82, 2.24) is 5.32 Å². The van der Waals surface area contributed by atoms with Crippen LogP contribution in [0.2, 0.25) is 0 Å². The lowest BCUT2D eigenvalue weighted by Crippen LogP contribution is -2.23. The normalized spacial score (nSPS) is 12.2. The largest absolute Gasteiger partial charge is 0.496 e. The Hall–Kier alpha value is -1.39. The van der Waals surface area contributed by atoms with Crippen molar-refractivity contribution in [2.24, 2.45) is 0 Å². The minimum absolute atomic E-state index is 0.244. The summed E-state index contributed by atoms with van der Waals surface area (Å²) in [6.45, 7) is 4.74. The van der Waals surface area contributed by atoms with Crippen molar-refractivity contribution in [3.63, 3.8) is 0 Å². The molecular formula is C17H19BrFNO. The molecule has 0 fully saturated rings. The van der Waals surface area contributed by atoms with Gasteiger partial charge in [0, 0.05) is 11.1 Å². The molecule has 4 heteroatoms. The number of hydrogen-bond donors (Lipinski definition) is 1. The first kappa shape index (κ1) is 16.0. The topological polar surface area (TPSA) is 21.3 Å². The van der Waals surface area contributed by atoms with Gasteiger partial charge in [0.1, 0.15) is 11.6 Å². The minimum atomic E-state index is -0.247. The van der Waals surface area contributed by atoms with E-state index in [0.29, 0.717) is 10.0 Å². The summed E-state index contributed by atoms with van der Waals surface area (Å²) in [4.78, 5) is 0. The highest BCUT2D eigenvalue weighted by molar-refractivity contribution is 9.10. The van der Waals surface area contributed by atoms with Crippen LogP contribution in [0.25, 0.3) is 0 Å². The van der Waals surface area contributed by atoms with Gasteiger partial charge in [-0.15, -0.1) is 0 Å². The SMILES string of the molecule is CCNC(c1ccc(C)cc1OC)c1cccc(Br)c1F. The highest BCUT2D eigenvalue weighted by Gasteiger charge is 2.21. The molecule has 0 saturated carbocycles. The Morgan fingerprint density at radius 2 is 2.00 bits per heavy atom. The summed E-state index contributed by atoms with van der Waals surface area (Å²) < 4.78 is 20.4. The van der Waals surface area contributed by atoms with Crippen molar-refractivity contribution < 1.29 is 9.13 Å². The van der Waals surface area contributed by atoms with E-state index in [2.05, 4.69) is 21.2 Å². The first-order valence-corrected chi connectivity index (χ1v) is 7.69. The molecule has 0 amide bonds. The number of ether oxygens (including phenoxy) is 1. The third-order valence-electron chi connectivity index (χ3n) is 3.40. The Bertz CT molecular complexity index is 630. The molecule has 0 aliphatic rings. The number of halogens is 2. The first-order chi connectivity index (χ1) is 10.1. The molecule has 0 aliphatic heterocycles. The van der Waals surface area contributed by atoms with Gasteiger partial charge in [0.15, 0.2) is 0 Å². The summed E-state index contributed by atoms with van der Waals surface area (Å²) in [5.74, 6) is 0.520. The molecule has 0 heterocycles. The van der Waals surface area contributed by atoms with E-state index in [-0.39, 0.29) is 11.9 Å². The van der Waals surface area contributed by atoms with Crippen molar-refractivity contribution in [3.05, 3.63) is 63.4 Å². The molecule has 2 aromatic carbocycles. The number of hydrogen-bond acceptors (Lipinski definition) is 2. The van der Waals surface area contributed by atoms with Gasteiger partial charge in [-0.2, -0.15) is 0 Å². The Morgan fingerprint density at radius 3 is 2.67 bits per heavy atom. The fourth-order valence-electron chi connectivity index (χ4n) is 2.39. The first-order valence-electron chi connectivity index (χ1n) is 6.90. The van der Waals surface area contributed by atoms with Crippen molar-refractivity contribution in [2.75, 3.05) is 13.7 Å². The summed E-state index contributed by atoms with van der Waals surface area (Å²) in [5, 5.41) is 3.34. The van der Waals surface area contributed by atoms with E-state index >= 15 is 0 Å². The molecule has 112 valence electrons. The molecule has 0 aromatic heterocycles. The van der Waals surface area contributed by atoms with E-state index in [9.17, 15) is 4.39 Å². The van der Waals surface area contributed by atoms with Crippen LogP contribution < -0.4 is 10.1 Å².